The van der Waals surface area contributed by atoms with Crippen LogP contribution in [0.15, 0.2) is 18.2 Å². The van der Waals surface area contributed by atoms with Gasteiger partial charge in [-0.2, -0.15) is 0 Å². The van der Waals surface area contributed by atoms with Crippen LogP contribution >= 0.6 is 0 Å². The molecule has 5 heteroatoms. The van der Waals surface area contributed by atoms with Gasteiger partial charge in [-0.1, -0.05) is 47.6 Å². The van der Waals surface area contributed by atoms with Gasteiger partial charge < -0.3 is 17.7 Å². The maximum atomic E-state index is 12.3. The third kappa shape index (κ3) is 5.10. The molecule has 0 heterocycles. The van der Waals surface area contributed by atoms with Crippen molar-refractivity contribution in [3.8, 4) is 5.75 Å². The minimum Gasteiger partial charge on any atom is -0.522 e. The molecule has 0 fully saturated rings. The van der Waals surface area contributed by atoms with E-state index < -0.39 is 13.5 Å². The standard InChI is InChI=1S/C15H23BF3O/c1-14(2,3)11-7-12(15(4,5)6)9-13(8-11)20-10-16(17,18)19/h7-9H,10H2,1-6H3/q-1. The Hall–Kier alpha value is -1.13. The number of benzene rings is 1. The van der Waals surface area contributed by atoms with Gasteiger partial charge in [0.05, 0.1) is 6.51 Å². The van der Waals surface area contributed by atoms with Crippen LogP contribution in [0.5, 0.6) is 5.75 Å². The summed E-state index contributed by atoms with van der Waals surface area (Å²) in [6.07, 6.45) is 0. The molecule has 0 saturated heterocycles. The summed E-state index contributed by atoms with van der Waals surface area (Å²) in [7, 11) is 0. The van der Waals surface area contributed by atoms with Crippen molar-refractivity contribution in [3.63, 3.8) is 0 Å². The fourth-order valence-electron chi connectivity index (χ4n) is 1.74. The summed E-state index contributed by atoms with van der Waals surface area (Å²) in [4.78, 5) is 0. The van der Waals surface area contributed by atoms with E-state index in [0.29, 0.717) is 5.75 Å². The molecule has 1 aromatic rings. The lowest BCUT2D eigenvalue weighted by Gasteiger charge is -2.26. The lowest BCUT2D eigenvalue weighted by molar-refractivity contribution is 0.312. The summed E-state index contributed by atoms with van der Waals surface area (Å²) in [5, 5.41) is 0. The Bertz CT molecular complexity index is 435. The monoisotopic (exact) mass is 287 g/mol. The molecule has 1 rings (SSSR count). The van der Waals surface area contributed by atoms with E-state index in [1.54, 1.807) is 12.1 Å². The number of ether oxygens (including phenoxy) is 1. The SMILES string of the molecule is CC(C)(C)c1cc(OC[B-](F)(F)F)cc(C(C)(C)C)c1. The first-order valence-electron chi connectivity index (χ1n) is 6.79. The Morgan fingerprint density at radius 2 is 1.25 bits per heavy atom. The second-order valence-electron chi connectivity index (χ2n) is 7.27. The van der Waals surface area contributed by atoms with Crippen LogP contribution in [0.4, 0.5) is 12.9 Å². The van der Waals surface area contributed by atoms with Gasteiger partial charge in [-0.3, -0.25) is 0 Å². The van der Waals surface area contributed by atoms with E-state index in [1.807, 2.05) is 47.6 Å². The van der Waals surface area contributed by atoms with E-state index in [1.165, 1.54) is 0 Å². The first-order chi connectivity index (χ1) is 8.79. The third-order valence-corrected chi connectivity index (χ3v) is 3.08. The van der Waals surface area contributed by atoms with Crippen LogP contribution in [0.1, 0.15) is 52.7 Å². The van der Waals surface area contributed by atoms with Gasteiger partial charge in [-0.05, 0) is 34.1 Å². The van der Waals surface area contributed by atoms with Crippen LogP contribution in [-0.4, -0.2) is 13.5 Å². The molecule has 0 aliphatic rings. The van der Waals surface area contributed by atoms with Gasteiger partial charge >= 0.3 is 6.98 Å². The van der Waals surface area contributed by atoms with Gasteiger partial charge in [0.2, 0.25) is 0 Å². The van der Waals surface area contributed by atoms with Gasteiger partial charge in [0, 0.05) is 0 Å². The van der Waals surface area contributed by atoms with Crippen molar-refractivity contribution in [1.29, 1.82) is 0 Å². The molecule has 0 aromatic heterocycles. The predicted molar refractivity (Wildman–Crippen MR) is 78.4 cm³/mol. The van der Waals surface area contributed by atoms with Crippen LogP contribution in [0.25, 0.3) is 0 Å². The number of rotatable bonds is 3. The Kier molecular flexibility index (Phi) is 4.52. The zero-order valence-electron chi connectivity index (χ0n) is 13.1. The van der Waals surface area contributed by atoms with Crippen LogP contribution in [-0.2, 0) is 10.8 Å². The van der Waals surface area contributed by atoms with Gasteiger partial charge in [0.25, 0.3) is 0 Å². The molecule has 0 unspecified atom stereocenters. The molecule has 0 aliphatic carbocycles. The molecule has 1 nitrogen and oxygen atoms in total. The third-order valence-electron chi connectivity index (χ3n) is 3.08. The van der Waals surface area contributed by atoms with E-state index in [0.717, 1.165) is 11.1 Å². The van der Waals surface area contributed by atoms with Crippen molar-refractivity contribution in [3.05, 3.63) is 29.3 Å². The molecule has 0 bridgehead atoms. The van der Waals surface area contributed by atoms with Gasteiger partial charge in [0.15, 0.2) is 0 Å². The fourth-order valence-corrected chi connectivity index (χ4v) is 1.74. The average molecular weight is 287 g/mol. The van der Waals surface area contributed by atoms with Crippen LogP contribution < -0.4 is 4.74 Å². The van der Waals surface area contributed by atoms with Crippen molar-refractivity contribution >= 4 is 6.98 Å². The molecule has 0 spiro atoms. The number of hydrogen-bond donors (Lipinski definition) is 0. The molecule has 0 amide bonds. The highest BCUT2D eigenvalue weighted by molar-refractivity contribution is 6.58. The molecular formula is C15H23BF3O-. The lowest BCUT2D eigenvalue weighted by Crippen LogP contribution is -2.26. The minimum atomic E-state index is -4.94. The van der Waals surface area contributed by atoms with E-state index in [4.69, 9.17) is 4.74 Å². The molecule has 20 heavy (non-hydrogen) atoms. The zero-order valence-corrected chi connectivity index (χ0v) is 13.1. The first kappa shape index (κ1) is 16.9. The Balaban J connectivity index is 3.18. The maximum Gasteiger partial charge on any atom is 0.515 e. The summed E-state index contributed by atoms with van der Waals surface area (Å²) >= 11 is 0. The molecule has 1 aromatic carbocycles. The first-order valence-corrected chi connectivity index (χ1v) is 6.79. The number of halogens is 3. The van der Waals surface area contributed by atoms with Crippen LogP contribution in [0.3, 0.4) is 0 Å². The van der Waals surface area contributed by atoms with Crippen molar-refractivity contribution in [1.82, 2.24) is 0 Å². The summed E-state index contributed by atoms with van der Waals surface area (Å²) in [5.74, 6) is 0.293. The summed E-state index contributed by atoms with van der Waals surface area (Å²) in [5.41, 5.74) is 1.69. The Morgan fingerprint density at radius 1 is 0.850 bits per heavy atom. The highest BCUT2D eigenvalue weighted by atomic mass is 19.4. The lowest BCUT2D eigenvalue weighted by atomic mass is 9.80. The molecule has 0 aliphatic heterocycles. The fraction of sp³-hybridized carbons (Fsp3) is 0.600. The topological polar surface area (TPSA) is 9.23 Å². The highest BCUT2D eigenvalue weighted by Gasteiger charge is 2.25. The van der Waals surface area contributed by atoms with Crippen molar-refractivity contribution in [2.45, 2.75) is 52.4 Å². The highest BCUT2D eigenvalue weighted by Crippen LogP contribution is 2.33. The van der Waals surface area contributed by atoms with E-state index in [9.17, 15) is 12.9 Å². The smallest absolute Gasteiger partial charge is 0.515 e. The van der Waals surface area contributed by atoms with E-state index in [2.05, 4.69) is 0 Å². The van der Waals surface area contributed by atoms with Gasteiger partial charge in [-0.25, -0.2) is 0 Å². The Labute approximate surface area is 119 Å². The average Bonchev–Trinajstić information content (AvgIpc) is 2.22. The van der Waals surface area contributed by atoms with Gasteiger partial charge in [-0.15, -0.1) is 0 Å². The van der Waals surface area contributed by atoms with Crippen LogP contribution in [0, 0.1) is 0 Å². The second kappa shape index (κ2) is 5.34. The van der Waals surface area contributed by atoms with Crippen molar-refractivity contribution in [2.75, 3.05) is 6.51 Å². The van der Waals surface area contributed by atoms with Crippen molar-refractivity contribution in [2.24, 2.45) is 0 Å². The van der Waals surface area contributed by atoms with Gasteiger partial charge in [0.1, 0.15) is 5.75 Å². The quantitative estimate of drug-likeness (QED) is 0.707. The molecular weight excluding hydrogens is 264 g/mol. The summed E-state index contributed by atoms with van der Waals surface area (Å²) < 4.78 is 42.0. The zero-order chi connectivity index (χ0) is 15.8. The normalized spacial score (nSPS) is 13.4. The van der Waals surface area contributed by atoms with E-state index >= 15 is 0 Å². The second-order valence-corrected chi connectivity index (χ2v) is 7.27. The molecule has 0 saturated carbocycles. The van der Waals surface area contributed by atoms with E-state index in [-0.39, 0.29) is 10.8 Å². The summed E-state index contributed by atoms with van der Waals surface area (Å²) in [6, 6.07) is 5.46. The summed E-state index contributed by atoms with van der Waals surface area (Å²) in [6.45, 7) is 6.07. The largest absolute Gasteiger partial charge is 0.522 e. The number of hydrogen-bond acceptors (Lipinski definition) is 1. The predicted octanol–water partition coefficient (Wildman–Crippen LogP) is 5.05. The molecule has 0 atom stereocenters. The van der Waals surface area contributed by atoms with Crippen LogP contribution in [0.2, 0.25) is 0 Å². The molecule has 0 radical (unpaired) electrons. The van der Waals surface area contributed by atoms with Crippen molar-refractivity contribution < 1.29 is 17.7 Å². The molecule has 0 N–H and O–H groups in total. The minimum absolute atomic E-state index is 0.136. The molecule has 114 valence electrons. The maximum absolute atomic E-state index is 12.3. The Morgan fingerprint density at radius 3 is 1.55 bits per heavy atom.